The molecule has 0 aliphatic rings. The second kappa shape index (κ2) is 50.8. The highest BCUT2D eigenvalue weighted by atomic mass is 16.6. The topological polar surface area (TPSA) is 78.9 Å². The molecule has 1 unspecified atom stereocenters. The van der Waals surface area contributed by atoms with Gasteiger partial charge in [-0.25, -0.2) is 0 Å². The number of carbonyl (C=O) groups is 3. The number of unbranched alkanes of at least 4 members (excludes halogenated alkanes) is 26. The van der Waals surface area contributed by atoms with E-state index in [1.165, 1.54) is 103 Å². The van der Waals surface area contributed by atoms with Gasteiger partial charge in [-0.3, -0.25) is 14.4 Å². The van der Waals surface area contributed by atoms with Gasteiger partial charge in [0.25, 0.3) is 0 Å². The van der Waals surface area contributed by atoms with E-state index in [1.54, 1.807) is 0 Å². The number of hydrogen-bond acceptors (Lipinski definition) is 6. The van der Waals surface area contributed by atoms with Gasteiger partial charge in [0.2, 0.25) is 0 Å². The molecule has 6 heteroatoms. The monoisotopic (exact) mass is 867 g/mol. The number of esters is 3. The largest absolute Gasteiger partial charge is 0.462 e. The van der Waals surface area contributed by atoms with E-state index in [9.17, 15) is 14.4 Å². The molecule has 0 heterocycles. The standard InChI is InChI=1S/C56H98O6/c1-4-7-10-13-16-19-22-25-27-28-29-30-32-34-37-40-43-46-49-55(58)61-52-53(51-60-54(57)48-45-42-39-36-33-24-21-18-15-12-9-6-3)62-56(59)50-47-44-41-38-35-31-26-23-20-17-14-11-8-5-2/h8-9,11-12,17-18,20-21,29-30,53H,4-7,10,13-16,19,22-28,31-52H2,1-3H3/b11-8-,12-9-,20-17-,21-18-,30-29-. The highest BCUT2D eigenvalue weighted by molar-refractivity contribution is 5.71. The Labute approximate surface area is 383 Å². The Morgan fingerprint density at radius 2 is 0.629 bits per heavy atom. The minimum atomic E-state index is -0.786. The first kappa shape index (κ1) is 59.1. The second-order valence-electron chi connectivity index (χ2n) is 17.4. The van der Waals surface area contributed by atoms with Crippen molar-refractivity contribution in [1.82, 2.24) is 0 Å². The first-order valence-electron chi connectivity index (χ1n) is 26.3. The van der Waals surface area contributed by atoms with Gasteiger partial charge in [0.05, 0.1) is 0 Å². The van der Waals surface area contributed by atoms with Crippen LogP contribution in [0.5, 0.6) is 0 Å². The smallest absolute Gasteiger partial charge is 0.306 e. The third-order valence-corrected chi connectivity index (χ3v) is 11.2. The molecule has 0 N–H and O–H groups in total. The van der Waals surface area contributed by atoms with Crippen LogP contribution >= 0.6 is 0 Å². The van der Waals surface area contributed by atoms with E-state index in [4.69, 9.17) is 14.2 Å². The molecule has 0 rings (SSSR count). The summed E-state index contributed by atoms with van der Waals surface area (Å²) < 4.78 is 16.8. The van der Waals surface area contributed by atoms with Crippen molar-refractivity contribution in [3.05, 3.63) is 60.8 Å². The van der Waals surface area contributed by atoms with Crippen molar-refractivity contribution < 1.29 is 28.6 Å². The van der Waals surface area contributed by atoms with Gasteiger partial charge in [0.1, 0.15) is 13.2 Å². The zero-order valence-corrected chi connectivity index (χ0v) is 40.9. The molecule has 0 aromatic carbocycles. The van der Waals surface area contributed by atoms with E-state index in [0.717, 1.165) is 116 Å². The molecule has 0 saturated carbocycles. The van der Waals surface area contributed by atoms with Crippen LogP contribution in [0.3, 0.4) is 0 Å². The summed E-state index contributed by atoms with van der Waals surface area (Å²) >= 11 is 0. The summed E-state index contributed by atoms with van der Waals surface area (Å²) in [6, 6.07) is 0. The number of allylic oxidation sites excluding steroid dienone is 10. The van der Waals surface area contributed by atoms with Crippen molar-refractivity contribution in [3.63, 3.8) is 0 Å². The summed E-state index contributed by atoms with van der Waals surface area (Å²) in [4.78, 5) is 38.0. The molecule has 0 radical (unpaired) electrons. The molecule has 0 fully saturated rings. The van der Waals surface area contributed by atoms with Gasteiger partial charge in [-0.05, 0) is 96.3 Å². The van der Waals surface area contributed by atoms with E-state index < -0.39 is 6.10 Å². The van der Waals surface area contributed by atoms with Gasteiger partial charge in [-0.15, -0.1) is 0 Å². The van der Waals surface area contributed by atoms with E-state index in [0.29, 0.717) is 19.3 Å². The Morgan fingerprint density at radius 3 is 0.984 bits per heavy atom. The summed E-state index contributed by atoms with van der Waals surface area (Å²) in [5.74, 6) is -0.913. The van der Waals surface area contributed by atoms with Crippen LogP contribution in [0.1, 0.15) is 258 Å². The minimum absolute atomic E-state index is 0.0861. The van der Waals surface area contributed by atoms with Crippen LogP contribution in [-0.2, 0) is 28.6 Å². The van der Waals surface area contributed by atoms with Crippen molar-refractivity contribution in [2.75, 3.05) is 13.2 Å². The first-order chi connectivity index (χ1) is 30.5. The molecular weight excluding hydrogens is 769 g/mol. The Bertz CT molecular complexity index is 1130. The summed E-state index contributed by atoms with van der Waals surface area (Å²) in [5, 5.41) is 0. The van der Waals surface area contributed by atoms with Crippen LogP contribution in [0.15, 0.2) is 60.8 Å². The zero-order chi connectivity index (χ0) is 45.1. The molecule has 358 valence electrons. The molecule has 0 aromatic heterocycles. The van der Waals surface area contributed by atoms with Gasteiger partial charge >= 0.3 is 17.9 Å². The predicted molar refractivity (Wildman–Crippen MR) is 265 cm³/mol. The summed E-state index contributed by atoms with van der Waals surface area (Å²) in [6.45, 7) is 6.41. The maximum absolute atomic E-state index is 12.8. The van der Waals surface area contributed by atoms with Gasteiger partial charge in [0, 0.05) is 19.3 Å². The molecular formula is C56H98O6. The average molecular weight is 867 g/mol. The molecule has 62 heavy (non-hydrogen) atoms. The summed E-state index contributed by atoms with van der Waals surface area (Å²) in [5.41, 5.74) is 0. The van der Waals surface area contributed by atoms with E-state index in [-0.39, 0.29) is 31.1 Å². The van der Waals surface area contributed by atoms with E-state index in [1.807, 2.05) is 0 Å². The molecule has 0 bridgehead atoms. The van der Waals surface area contributed by atoms with Crippen molar-refractivity contribution in [2.24, 2.45) is 0 Å². The van der Waals surface area contributed by atoms with E-state index >= 15 is 0 Å². The Balaban J connectivity index is 4.37. The molecule has 0 aliphatic heterocycles. The van der Waals surface area contributed by atoms with E-state index in [2.05, 4.69) is 81.5 Å². The number of ether oxygens (including phenoxy) is 3. The van der Waals surface area contributed by atoms with Crippen molar-refractivity contribution in [3.8, 4) is 0 Å². The Hall–Kier alpha value is -2.89. The maximum Gasteiger partial charge on any atom is 0.306 e. The fourth-order valence-corrected chi connectivity index (χ4v) is 7.34. The third kappa shape index (κ3) is 48.1. The first-order valence-corrected chi connectivity index (χ1v) is 26.3. The minimum Gasteiger partial charge on any atom is -0.462 e. The maximum atomic E-state index is 12.8. The third-order valence-electron chi connectivity index (χ3n) is 11.2. The van der Waals surface area contributed by atoms with Crippen LogP contribution in [0, 0.1) is 0 Å². The van der Waals surface area contributed by atoms with Crippen molar-refractivity contribution >= 4 is 17.9 Å². The lowest BCUT2D eigenvalue weighted by molar-refractivity contribution is -0.167. The normalized spacial score (nSPS) is 12.5. The quantitative estimate of drug-likeness (QED) is 0.0262. The van der Waals surface area contributed by atoms with Crippen LogP contribution in [-0.4, -0.2) is 37.2 Å². The predicted octanol–water partition coefficient (Wildman–Crippen LogP) is 17.3. The zero-order valence-electron chi connectivity index (χ0n) is 40.9. The van der Waals surface area contributed by atoms with Crippen LogP contribution < -0.4 is 0 Å². The SMILES string of the molecule is CC/C=C\C/C=C\CCCCCCCCCC(=O)OC(COC(=O)CCCCCCC/C=C\C/C=C\CC)COC(=O)CCCCCCC/C=C\CCCCCCCCCCC. The van der Waals surface area contributed by atoms with Crippen LogP contribution in [0.4, 0.5) is 0 Å². The molecule has 0 saturated heterocycles. The van der Waals surface area contributed by atoms with Crippen LogP contribution in [0.2, 0.25) is 0 Å². The highest BCUT2D eigenvalue weighted by Gasteiger charge is 2.19. The number of hydrogen-bond donors (Lipinski definition) is 0. The van der Waals surface area contributed by atoms with Gasteiger partial charge in [-0.2, -0.15) is 0 Å². The molecule has 0 aromatic rings. The fourth-order valence-electron chi connectivity index (χ4n) is 7.34. The molecule has 1 atom stereocenters. The molecule has 6 nitrogen and oxygen atoms in total. The lowest BCUT2D eigenvalue weighted by Crippen LogP contribution is -2.30. The summed E-state index contributed by atoms with van der Waals surface area (Å²) in [6.07, 6.45) is 62.1. The van der Waals surface area contributed by atoms with Gasteiger partial charge < -0.3 is 14.2 Å². The van der Waals surface area contributed by atoms with Crippen molar-refractivity contribution in [2.45, 2.75) is 264 Å². The lowest BCUT2D eigenvalue weighted by atomic mass is 10.1. The average Bonchev–Trinajstić information content (AvgIpc) is 3.27. The highest BCUT2D eigenvalue weighted by Crippen LogP contribution is 2.15. The van der Waals surface area contributed by atoms with Crippen molar-refractivity contribution in [1.29, 1.82) is 0 Å². The molecule has 0 spiro atoms. The summed E-state index contributed by atoms with van der Waals surface area (Å²) in [7, 11) is 0. The molecule has 0 amide bonds. The second-order valence-corrected chi connectivity index (χ2v) is 17.4. The Kier molecular flexibility index (Phi) is 48.4. The lowest BCUT2D eigenvalue weighted by Gasteiger charge is -2.18. The molecule has 0 aliphatic carbocycles. The number of rotatable bonds is 47. The van der Waals surface area contributed by atoms with Gasteiger partial charge in [-0.1, -0.05) is 204 Å². The fraction of sp³-hybridized carbons (Fsp3) is 0.768. The van der Waals surface area contributed by atoms with Crippen LogP contribution in [0.25, 0.3) is 0 Å². The Morgan fingerprint density at radius 1 is 0.339 bits per heavy atom. The van der Waals surface area contributed by atoms with Gasteiger partial charge in [0.15, 0.2) is 6.10 Å². The number of carbonyl (C=O) groups excluding carboxylic acids is 3.